The Morgan fingerprint density at radius 1 is 1.38 bits per heavy atom. The third kappa shape index (κ3) is 1.53. The lowest BCUT2D eigenvalue weighted by Gasteiger charge is -2.08. The van der Waals surface area contributed by atoms with Crippen LogP contribution in [-0.2, 0) is 0 Å². The molecule has 2 heterocycles. The lowest BCUT2D eigenvalue weighted by molar-refractivity contribution is 0.695. The van der Waals surface area contributed by atoms with Crippen LogP contribution in [0.1, 0.15) is 37.3 Å². The van der Waals surface area contributed by atoms with Crippen molar-refractivity contribution in [3.63, 3.8) is 0 Å². The van der Waals surface area contributed by atoms with Gasteiger partial charge in [0.1, 0.15) is 0 Å². The Balaban J connectivity index is 2.05. The number of aromatic nitrogens is 2. The molecule has 3 rings (SSSR count). The molecule has 0 aromatic carbocycles. The molecule has 4 heteroatoms. The van der Waals surface area contributed by atoms with Crippen LogP contribution in [0.5, 0.6) is 0 Å². The molecule has 1 aliphatic carbocycles. The van der Waals surface area contributed by atoms with Crippen molar-refractivity contribution in [2.24, 2.45) is 0 Å². The van der Waals surface area contributed by atoms with E-state index in [1.165, 1.54) is 36.3 Å². The molecule has 3 nitrogen and oxygen atoms in total. The molecule has 1 fully saturated rings. The van der Waals surface area contributed by atoms with Gasteiger partial charge in [-0.1, -0.05) is 18.9 Å². The molecule has 1 aliphatic rings. The Hall–Kier alpha value is -1.29. The summed E-state index contributed by atoms with van der Waals surface area (Å²) >= 11 is 1.73. The third-order valence-electron chi connectivity index (χ3n) is 3.35. The van der Waals surface area contributed by atoms with Gasteiger partial charge in [-0.25, -0.2) is 0 Å². The molecule has 16 heavy (non-hydrogen) atoms. The predicted molar refractivity (Wildman–Crippen MR) is 67.5 cm³/mol. The fourth-order valence-corrected chi connectivity index (χ4v) is 3.35. The molecule has 84 valence electrons. The van der Waals surface area contributed by atoms with Crippen molar-refractivity contribution in [2.75, 3.05) is 5.73 Å². The molecule has 0 aliphatic heterocycles. The predicted octanol–water partition coefficient (Wildman–Crippen LogP) is 3.38. The van der Waals surface area contributed by atoms with Crippen molar-refractivity contribution in [1.29, 1.82) is 0 Å². The number of thiophene rings is 1. The molecule has 0 spiro atoms. The number of aromatic amines is 1. The lowest BCUT2D eigenvalue weighted by atomic mass is 9.99. The van der Waals surface area contributed by atoms with Crippen LogP contribution in [0.4, 0.5) is 5.82 Å². The Morgan fingerprint density at radius 3 is 2.88 bits per heavy atom. The summed E-state index contributed by atoms with van der Waals surface area (Å²) in [6, 6.07) is 4.18. The normalized spacial score (nSPS) is 17.0. The largest absolute Gasteiger partial charge is 0.382 e. The van der Waals surface area contributed by atoms with E-state index in [-0.39, 0.29) is 0 Å². The van der Waals surface area contributed by atoms with Crippen molar-refractivity contribution in [3.05, 3.63) is 23.2 Å². The molecule has 0 unspecified atom stereocenters. The summed E-state index contributed by atoms with van der Waals surface area (Å²) in [6.45, 7) is 0. The Kier molecular flexibility index (Phi) is 2.44. The zero-order valence-electron chi connectivity index (χ0n) is 9.07. The number of nitrogens with zero attached hydrogens (tertiary/aromatic N) is 1. The van der Waals surface area contributed by atoms with Gasteiger partial charge in [-0.05, 0) is 24.3 Å². The molecule has 0 radical (unpaired) electrons. The summed E-state index contributed by atoms with van der Waals surface area (Å²) in [5.74, 6) is 1.27. The van der Waals surface area contributed by atoms with Gasteiger partial charge in [-0.15, -0.1) is 11.3 Å². The number of anilines is 1. The van der Waals surface area contributed by atoms with Gasteiger partial charge in [0, 0.05) is 16.5 Å². The van der Waals surface area contributed by atoms with Crippen LogP contribution in [0.3, 0.4) is 0 Å². The van der Waals surface area contributed by atoms with E-state index in [1.807, 2.05) is 0 Å². The smallest absolute Gasteiger partial charge is 0.154 e. The van der Waals surface area contributed by atoms with Crippen LogP contribution in [0.2, 0.25) is 0 Å². The quantitative estimate of drug-likeness (QED) is 0.835. The number of H-pyrrole nitrogens is 1. The first-order chi connectivity index (χ1) is 7.86. The minimum absolute atomic E-state index is 0.627. The van der Waals surface area contributed by atoms with Crippen molar-refractivity contribution in [3.8, 4) is 10.4 Å². The maximum Gasteiger partial charge on any atom is 0.154 e. The second kappa shape index (κ2) is 3.94. The van der Waals surface area contributed by atoms with E-state index in [0.29, 0.717) is 11.7 Å². The Morgan fingerprint density at radius 2 is 2.19 bits per heavy atom. The molecule has 0 bridgehead atoms. The van der Waals surface area contributed by atoms with Gasteiger partial charge < -0.3 is 5.73 Å². The fourth-order valence-electron chi connectivity index (χ4n) is 2.56. The second-order valence-electron chi connectivity index (χ2n) is 4.36. The molecule has 0 atom stereocenters. The van der Waals surface area contributed by atoms with E-state index in [2.05, 4.69) is 27.7 Å². The van der Waals surface area contributed by atoms with E-state index in [4.69, 9.17) is 5.73 Å². The first-order valence-electron chi connectivity index (χ1n) is 5.74. The van der Waals surface area contributed by atoms with Gasteiger partial charge in [0.05, 0.1) is 5.56 Å². The van der Waals surface area contributed by atoms with Crippen molar-refractivity contribution in [1.82, 2.24) is 10.2 Å². The Labute approximate surface area is 98.7 Å². The van der Waals surface area contributed by atoms with Crippen molar-refractivity contribution in [2.45, 2.75) is 31.6 Å². The number of nitrogens with one attached hydrogen (secondary N) is 1. The van der Waals surface area contributed by atoms with E-state index in [1.54, 1.807) is 11.3 Å². The molecule has 2 aromatic rings. The summed E-state index contributed by atoms with van der Waals surface area (Å²) < 4.78 is 0. The molecular formula is C12H15N3S. The number of hydrogen-bond acceptors (Lipinski definition) is 3. The van der Waals surface area contributed by atoms with Crippen LogP contribution in [0.25, 0.3) is 10.4 Å². The highest BCUT2D eigenvalue weighted by molar-refractivity contribution is 7.13. The van der Waals surface area contributed by atoms with E-state index >= 15 is 0 Å². The van der Waals surface area contributed by atoms with Crippen LogP contribution in [0.15, 0.2) is 17.5 Å². The van der Waals surface area contributed by atoms with Crippen LogP contribution in [0, 0.1) is 0 Å². The fraction of sp³-hybridized carbons (Fsp3) is 0.417. The van der Waals surface area contributed by atoms with Gasteiger partial charge >= 0.3 is 0 Å². The summed E-state index contributed by atoms with van der Waals surface area (Å²) in [5.41, 5.74) is 8.35. The molecule has 2 aromatic heterocycles. The molecule has 0 amide bonds. The topological polar surface area (TPSA) is 54.7 Å². The first-order valence-corrected chi connectivity index (χ1v) is 6.62. The van der Waals surface area contributed by atoms with Gasteiger partial charge in [-0.3, -0.25) is 5.10 Å². The minimum atomic E-state index is 0.627. The van der Waals surface area contributed by atoms with Crippen LogP contribution in [-0.4, -0.2) is 10.2 Å². The second-order valence-corrected chi connectivity index (χ2v) is 5.30. The highest BCUT2D eigenvalue weighted by Gasteiger charge is 2.24. The molecule has 0 saturated heterocycles. The molecule has 1 saturated carbocycles. The number of hydrogen-bond donors (Lipinski definition) is 2. The SMILES string of the molecule is Nc1n[nH]c(C2CCCC2)c1-c1cccs1. The maximum absolute atomic E-state index is 5.96. The highest BCUT2D eigenvalue weighted by Crippen LogP contribution is 2.41. The summed E-state index contributed by atoms with van der Waals surface area (Å²) in [7, 11) is 0. The average molecular weight is 233 g/mol. The van der Waals surface area contributed by atoms with Gasteiger partial charge in [0.2, 0.25) is 0 Å². The minimum Gasteiger partial charge on any atom is -0.382 e. The van der Waals surface area contributed by atoms with Crippen LogP contribution < -0.4 is 5.73 Å². The van der Waals surface area contributed by atoms with Gasteiger partial charge in [0.25, 0.3) is 0 Å². The molecule has 3 N–H and O–H groups in total. The summed E-state index contributed by atoms with van der Waals surface area (Å²) in [5, 5.41) is 9.40. The average Bonchev–Trinajstić information content (AvgIpc) is 2.96. The van der Waals surface area contributed by atoms with E-state index in [0.717, 1.165) is 5.56 Å². The van der Waals surface area contributed by atoms with Gasteiger partial charge in [0.15, 0.2) is 5.82 Å². The summed E-state index contributed by atoms with van der Waals surface area (Å²) in [6.07, 6.45) is 5.18. The number of nitrogen functional groups attached to an aromatic ring is 1. The monoisotopic (exact) mass is 233 g/mol. The van der Waals surface area contributed by atoms with Crippen molar-refractivity contribution >= 4 is 17.2 Å². The number of nitrogens with two attached hydrogens (primary N) is 1. The zero-order chi connectivity index (χ0) is 11.0. The zero-order valence-corrected chi connectivity index (χ0v) is 9.89. The lowest BCUT2D eigenvalue weighted by Crippen LogP contribution is -1.95. The van der Waals surface area contributed by atoms with Gasteiger partial charge in [-0.2, -0.15) is 5.10 Å². The third-order valence-corrected chi connectivity index (χ3v) is 4.24. The number of rotatable bonds is 2. The maximum atomic E-state index is 5.96. The van der Waals surface area contributed by atoms with E-state index < -0.39 is 0 Å². The van der Waals surface area contributed by atoms with Crippen molar-refractivity contribution < 1.29 is 0 Å². The van der Waals surface area contributed by atoms with E-state index in [9.17, 15) is 0 Å². The summed E-state index contributed by atoms with van der Waals surface area (Å²) in [4.78, 5) is 1.23. The first kappa shape index (κ1) is 9.90. The highest BCUT2D eigenvalue weighted by atomic mass is 32.1. The van der Waals surface area contributed by atoms with Crippen LogP contribution >= 0.6 is 11.3 Å². The standard InChI is InChI=1S/C12H15N3S/c13-12-10(9-6-3-7-16-9)11(14-15-12)8-4-1-2-5-8/h3,6-8H,1-2,4-5H2,(H3,13,14,15). The molecular weight excluding hydrogens is 218 g/mol. The Bertz CT molecular complexity index is 466.